The summed E-state index contributed by atoms with van der Waals surface area (Å²) < 4.78 is 7.18. The Balaban J connectivity index is 0.00000272. The molecule has 8 nitrogen and oxygen atoms in total. The molecule has 0 atom stereocenters. The van der Waals surface area contributed by atoms with Crippen LogP contribution >= 0.6 is 24.0 Å². The topological polar surface area (TPSA) is 79.7 Å². The lowest BCUT2D eigenvalue weighted by molar-refractivity contribution is -0.127. The smallest absolute Gasteiger partial charge is 0.273 e. The quantitative estimate of drug-likeness (QED) is 0.685. The first-order chi connectivity index (χ1) is 14.6. The van der Waals surface area contributed by atoms with Crippen LogP contribution in [-0.2, 0) is 22.6 Å². The van der Waals surface area contributed by atoms with Crippen molar-refractivity contribution in [2.75, 3.05) is 44.7 Å². The van der Waals surface area contributed by atoms with Gasteiger partial charge in [-0.05, 0) is 12.1 Å². The Bertz CT molecular complexity index is 956. The highest BCUT2D eigenvalue weighted by Gasteiger charge is 2.25. The zero-order valence-electron chi connectivity index (χ0n) is 17.0. The molecule has 1 aromatic heterocycles. The van der Waals surface area contributed by atoms with E-state index in [1.807, 2.05) is 16.7 Å². The number of hydrogen-bond acceptors (Lipinski definition) is 5. The monoisotopic (exact) mass is 465 g/mol. The molecule has 4 rings (SSSR count). The van der Waals surface area contributed by atoms with Crippen LogP contribution in [0.15, 0.2) is 42.6 Å². The molecule has 0 aliphatic carbocycles. The number of ether oxygens (including phenoxy) is 1. The van der Waals surface area contributed by atoms with E-state index in [0.29, 0.717) is 41.9 Å². The predicted molar refractivity (Wildman–Crippen MR) is 121 cm³/mol. The second kappa shape index (κ2) is 10.8. The van der Waals surface area contributed by atoms with E-state index in [9.17, 15) is 9.59 Å². The van der Waals surface area contributed by atoms with E-state index in [-0.39, 0.29) is 24.2 Å². The van der Waals surface area contributed by atoms with Gasteiger partial charge in [0.05, 0.1) is 36.7 Å². The van der Waals surface area contributed by atoms with E-state index < -0.39 is 0 Å². The Morgan fingerprint density at radius 2 is 1.94 bits per heavy atom. The van der Waals surface area contributed by atoms with Gasteiger partial charge in [0.25, 0.3) is 5.91 Å². The van der Waals surface area contributed by atoms with Crippen LogP contribution in [0.1, 0.15) is 16.3 Å². The lowest BCUT2D eigenvalue weighted by Crippen LogP contribution is -2.39. The molecule has 1 N–H and O–H groups in total. The highest BCUT2D eigenvalue weighted by atomic mass is 35.5. The van der Waals surface area contributed by atoms with Crippen LogP contribution in [0.25, 0.3) is 0 Å². The molecule has 0 unspecified atom stereocenters. The molecule has 2 amide bonds. The van der Waals surface area contributed by atoms with Crippen LogP contribution in [-0.4, -0.2) is 70.6 Å². The molecule has 0 spiro atoms. The first-order valence-electron chi connectivity index (χ1n) is 9.97. The van der Waals surface area contributed by atoms with Gasteiger partial charge < -0.3 is 19.5 Å². The van der Waals surface area contributed by atoms with Crippen molar-refractivity contribution in [1.82, 2.24) is 19.4 Å². The largest absolute Gasteiger partial charge is 0.379 e. The molecule has 2 aromatic rings. The number of anilines is 1. The molecule has 1 fully saturated rings. The summed E-state index contributed by atoms with van der Waals surface area (Å²) in [5, 5.41) is 3.30. The number of rotatable bonds is 5. The van der Waals surface area contributed by atoms with E-state index in [4.69, 9.17) is 16.3 Å². The average Bonchev–Trinajstić information content (AvgIpc) is 3.19. The van der Waals surface area contributed by atoms with Crippen molar-refractivity contribution < 1.29 is 14.3 Å². The maximum Gasteiger partial charge on any atom is 0.273 e. The Morgan fingerprint density at radius 1 is 1.16 bits per heavy atom. The molecule has 1 saturated heterocycles. The summed E-state index contributed by atoms with van der Waals surface area (Å²) in [6, 6.07) is 7.08. The lowest BCUT2D eigenvalue weighted by atomic mass is 10.3. The van der Waals surface area contributed by atoms with Crippen molar-refractivity contribution >= 4 is 41.5 Å². The van der Waals surface area contributed by atoms with Crippen LogP contribution in [0, 0.1) is 0 Å². The molecule has 10 heteroatoms. The van der Waals surface area contributed by atoms with Crippen molar-refractivity contribution in [3.63, 3.8) is 0 Å². The summed E-state index contributed by atoms with van der Waals surface area (Å²) >= 11 is 6.12. The molecule has 3 heterocycles. The normalized spacial score (nSPS) is 16.6. The van der Waals surface area contributed by atoms with E-state index in [1.54, 1.807) is 35.4 Å². The summed E-state index contributed by atoms with van der Waals surface area (Å²) in [7, 11) is 0. The molecule has 2 aliphatic heterocycles. The van der Waals surface area contributed by atoms with Gasteiger partial charge in [-0.3, -0.25) is 14.5 Å². The number of carbonyl (C=O) groups excluding carboxylic acids is 2. The number of carbonyl (C=O) groups is 2. The molecular weight excluding hydrogens is 441 g/mol. The molecule has 31 heavy (non-hydrogen) atoms. The number of amides is 2. The Labute approximate surface area is 192 Å². The first kappa shape index (κ1) is 23.3. The average molecular weight is 466 g/mol. The maximum atomic E-state index is 12.7. The van der Waals surface area contributed by atoms with Gasteiger partial charge in [-0.1, -0.05) is 29.8 Å². The molecule has 0 radical (unpaired) electrons. The summed E-state index contributed by atoms with van der Waals surface area (Å²) in [5.41, 5.74) is 1.01. The number of morpholine rings is 1. The van der Waals surface area contributed by atoms with Crippen LogP contribution in [0.4, 0.5) is 5.69 Å². The predicted octanol–water partition coefficient (Wildman–Crippen LogP) is 2.44. The van der Waals surface area contributed by atoms with Crippen LogP contribution in [0.2, 0.25) is 5.02 Å². The van der Waals surface area contributed by atoms with Crippen molar-refractivity contribution in [2.45, 2.75) is 13.1 Å². The fraction of sp³-hybridized carbons (Fsp3) is 0.381. The van der Waals surface area contributed by atoms with Crippen LogP contribution < -0.4 is 5.32 Å². The lowest BCUT2D eigenvalue weighted by Gasteiger charge is -2.28. The minimum Gasteiger partial charge on any atom is -0.379 e. The zero-order chi connectivity index (χ0) is 20.9. The Kier molecular flexibility index (Phi) is 8.09. The Hall–Kier alpha value is -2.39. The van der Waals surface area contributed by atoms with Gasteiger partial charge in [0.15, 0.2) is 0 Å². The summed E-state index contributed by atoms with van der Waals surface area (Å²) in [5.74, 6) is 0.382. The van der Waals surface area contributed by atoms with Crippen molar-refractivity contribution in [3.8, 4) is 0 Å². The summed E-state index contributed by atoms with van der Waals surface area (Å²) in [6.07, 6.45) is 5.07. The van der Waals surface area contributed by atoms with Gasteiger partial charge in [0, 0.05) is 38.8 Å². The molecule has 0 saturated carbocycles. The van der Waals surface area contributed by atoms with Gasteiger partial charge in [-0.25, -0.2) is 4.98 Å². The molecule has 166 valence electrons. The number of para-hydroxylation sites is 1. The number of aromatic nitrogens is 2. The highest BCUT2D eigenvalue weighted by Crippen LogP contribution is 2.22. The SMILES string of the molecule is Cl.O=C(Nc1ccccc1Cl)c1cnc2n1CCN(C(=O)/C=C/CN1CCOCC1)C2. The number of nitrogens with one attached hydrogen (secondary N) is 1. The molecule has 1 aromatic carbocycles. The summed E-state index contributed by atoms with van der Waals surface area (Å²) in [6.45, 7) is 5.41. The third kappa shape index (κ3) is 5.65. The van der Waals surface area contributed by atoms with E-state index in [1.165, 1.54) is 0 Å². The van der Waals surface area contributed by atoms with Crippen molar-refractivity contribution in [3.05, 3.63) is 59.2 Å². The minimum absolute atomic E-state index is 0. The first-order valence-corrected chi connectivity index (χ1v) is 10.4. The van der Waals surface area contributed by atoms with Gasteiger partial charge in [0.1, 0.15) is 11.5 Å². The minimum atomic E-state index is -0.271. The van der Waals surface area contributed by atoms with Crippen molar-refractivity contribution in [1.29, 1.82) is 0 Å². The molecule has 0 bridgehead atoms. The van der Waals surface area contributed by atoms with E-state index >= 15 is 0 Å². The van der Waals surface area contributed by atoms with Gasteiger partial charge in [0.2, 0.25) is 5.91 Å². The number of benzene rings is 1. The number of nitrogens with zero attached hydrogens (tertiary/aromatic N) is 4. The molecule has 2 aliphatic rings. The van der Waals surface area contributed by atoms with E-state index in [0.717, 1.165) is 32.8 Å². The second-order valence-electron chi connectivity index (χ2n) is 7.22. The molecular formula is C21H25Cl2N5O3. The fourth-order valence-electron chi connectivity index (χ4n) is 3.57. The summed E-state index contributed by atoms with van der Waals surface area (Å²) in [4.78, 5) is 33.6. The third-order valence-corrected chi connectivity index (χ3v) is 5.59. The van der Waals surface area contributed by atoms with Crippen LogP contribution in [0.3, 0.4) is 0 Å². The number of hydrogen-bond donors (Lipinski definition) is 1. The second-order valence-corrected chi connectivity index (χ2v) is 7.63. The standard InChI is InChI=1S/C21H24ClN5O3.ClH/c22-16-4-1-2-5-17(16)24-21(29)18-14-23-19-15-26(8-9-27(18)19)20(28)6-3-7-25-10-12-30-13-11-25;/h1-6,14H,7-13,15H2,(H,24,29);1H/b6-3+;. The maximum absolute atomic E-state index is 12.7. The van der Waals surface area contributed by atoms with Gasteiger partial charge >= 0.3 is 0 Å². The van der Waals surface area contributed by atoms with Crippen LogP contribution in [0.5, 0.6) is 0 Å². The Morgan fingerprint density at radius 3 is 2.71 bits per heavy atom. The highest BCUT2D eigenvalue weighted by molar-refractivity contribution is 6.33. The number of fused-ring (bicyclic) bond motifs is 1. The van der Waals surface area contributed by atoms with E-state index in [2.05, 4.69) is 15.2 Å². The fourth-order valence-corrected chi connectivity index (χ4v) is 3.75. The van der Waals surface area contributed by atoms with Gasteiger partial charge in [-0.2, -0.15) is 0 Å². The van der Waals surface area contributed by atoms with Gasteiger partial charge in [-0.15, -0.1) is 12.4 Å². The zero-order valence-corrected chi connectivity index (χ0v) is 18.6. The van der Waals surface area contributed by atoms with Crippen molar-refractivity contribution in [2.24, 2.45) is 0 Å². The third-order valence-electron chi connectivity index (χ3n) is 5.26. The number of imidazole rings is 1. The number of halogens is 2.